The molecule has 2 aliphatic rings. The van der Waals surface area contributed by atoms with Crippen molar-refractivity contribution in [1.29, 1.82) is 0 Å². The summed E-state index contributed by atoms with van der Waals surface area (Å²) in [6.45, 7) is 2.73. The minimum atomic E-state index is 0.621. The minimum Gasteiger partial charge on any atom is -0.294 e. The van der Waals surface area contributed by atoms with Gasteiger partial charge in [-0.15, -0.1) is 0 Å². The van der Waals surface area contributed by atoms with Gasteiger partial charge in [0.2, 0.25) is 0 Å². The van der Waals surface area contributed by atoms with Gasteiger partial charge in [-0.1, -0.05) is 29.3 Å². The molecule has 0 spiro atoms. The van der Waals surface area contributed by atoms with E-state index in [1.165, 1.54) is 24.1 Å². The quantitative estimate of drug-likeness (QED) is 0.842. The fraction of sp³-hybridized carbons (Fsp3) is 0.412. The van der Waals surface area contributed by atoms with Crippen LogP contribution in [0.25, 0.3) is 0 Å². The monoisotopic (exact) mass is 333 g/mol. The van der Waals surface area contributed by atoms with E-state index in [9.17, 15) is 0 Å². The normalized spacial score (nSPS) is 18.3. The Balaban J connectivity index is 1.49. The third kappa shape index (κ3) is 2.98. The smallest absolute Gasteiger partial charge is 0.131 e. The molecule has 5 heteroatoms. The van der Waals surface area contributed by atoms with E-state index in [4.69, 9.17) is 28.2 Å². The maximum Gasteiger partial charge on any atom is 0.131 e. The predicted molar refractivity (Wildman–Crippen MR) is 88.3 cm³/mol. The number of rotatable bonds is 3. The van der Waals surface area contributed by atoms with Gasteiger partial charge in [0, 0.05) is 59.5 Å². The van der Waals surface area contributed by atoms with Crippen LogP contribution >= 0.6 is 23.2 Å². The van der Waals surface area contributed by atoms with Crippen LogP contribution in [0.3, 0.4) is 0 Å². The summed E-state index contributed by atoms with van der Waals surface area (Å²) in [6, 6.07) is 5.71. The Hall–Kier alpha value is -1.16. The molecular weight excluding hydrogens is 317 g/mol. The number of nitrogens with zero attached hydrogens (tertiary/aromatic N) is 3. The van der Waals surface area contributed by atoms with E-state index in [2.05, 4.69) is 9.88 Å². The molecule has 0 saturated heterocycles. The van der Waals surface area contributed by atoms with E-state index in [0.29, 0.717) is 10.9 Å². The molecule has 1 aliphatic heterocycles. The van der Waals surface area contributed by atoms with Gasteiger partial charge in [-0.25, -0.2) is 9.97 Å². The third-order valence-corrected chi connectivity index (χ3v) is 4.97. The summed E-state index contributed by atoms with van der Waals surface area (Å²) in [4.78, 5) is 11.7. The number of benzene rings is 1. The average Bonchev–Trinajstić information content (AvgIpc) is 3.34. The second kappa shape index (κ2) is 5.80. The van der Waals surface area contributed by atoms with Crippen LogP contribution in [0.2, 0.25) is 10.0 Å². The van der Waals surface area contributed by atoms with Gasteiger partial charge >= 0.3 is 0 Å². The first kappa shape index (κ1) is 14.4. The Morgan fingerprint density at radius 2 is 2.09 bits per heavy atom. The largest absolute Gasteiger partial charge is 0.294 e. The van der Waals surface area contributed by atoms with Gasteiger partial charge in [-0.05, 0) is 30.5 Å². The molecule has 114 valence electrons. The molecule has 1 aliphatic carbocycles. The molecule has 0 amide bonds. The lowest BCUT2D eigenvalue weighted by molar-refractivity contribution is 0.242. The fourth-order valence-corrected chi connectivity index (χ4v) is 3.42. The highest BCUT2D eigenvalue weighted by atomic mass is 35.5. The van der Waals surface area contributed by atoms with Crippen molar-refractivity contribution in [2.24, 2.45) is 0 Å². The van der Waals surface area contributed by atoms with Crippen LogP contribution in [-0.2, 0) is 19.5 Å². The zero-order valence-electron chi connectivity index (χ0n) is 12.2. The summed E-state index contributed by atoms with van der Waals surface area (Å²) in [7, 11) is 0. The van der Waals surface area contributed by atoms with Crippen molar-refractivity contribution in [3.63, 3.8) is 0 Å². The number of hydrogen-bond acceptors (Lipinski definition) is 3. The Labute approximate surface area is 140 Å². The van der Waals surface area contributed by atoms with Gasteiger partial charge in [-0.2, -0.15) is 0 Å². The average molecular weight is 334 g/mol. The Morgan fingerprint density at radius 3 is 2.86 bits per heavy atom. The summed E-state index contributed by atoms with van der Waals surface area (Å²) in [5, 5.41) is 1.41. The van der Waals surface area contributed by atoms with E-state index in [-0.39, 0.29) is 0 Å². The van der Waals surface area contributed by atoms with Crippen LogP contribution in [-0.4, -0.2) is 21.4 Å². The summed E-state index contributed by atoms with van der Waals surface area (Å²) in [5.41, 5.74) is 3.60. The van der Waals surface area contributed by atoms with Crippen LogP contribution in [0.4, 0.5) is 0 Å². The van der Waals surface area contributed by atoms with Crippen molar-refractivity contribution in [2.75, 3.05) is 6.54 Å². The lowest BCUT2D eigenvalue weighted by Crippen LogP contribution is -2.31. The maximum atomic E-state index is 6.28. The van der Waals surface area contributed by atoms with Crippen molar-refractivity contribution >= 4 is 23.2 Å². The lowest BCUT2D eigenvalue weighted by atomic mass is 10.1. The summed E-state index contributed by atoms with van der Waals surface area (Å²) in [5.74, 6) is 1.67. The maximum absolute atomic E-state index is 6.28. The zero-order chi connectivity index (χ0) is 15.1. The molecule has 0 unspecified atom stereocenters. The number of hydrogen-bond donors (Lipinski definition) is 0. The summed E-state index contributed by atoms with van der Waals surface area (Å²) >= 11 is 12.2. The SMILES string of the molecule is Clc1ccc(CN2CCc3nc(C4CC4)ncc3C2)c(Cl)c1. The van der Waals surface area contributed by atoms with Crippen LogP contribution in [0.15, 0.2) is 24.4 Å². The molecule has 0 atom stereocenters. The molecule has 0 N–H and O–H groups in total. The first-order chi connectivity index (χ1) is 10.7. The van der Waals surface area contributed by atoms with Gasteiger partial charge in [0.05, 0.1) is 0 Å². The first-order valence-corrected chi connectivity index (χ1v) is 8.45. The molecule has 22 heavy (non-hydrogen) atoms. The number of aromatic nitrogens is 2. The molecule has 2 aromatic rings. The topological polar surface area (TPSA) is 29.0 Å². The third-order valence-electron chi connectivity index (χ3n) is 4.38. The Kier molecular flexibility index (Phi) is 3.81. The molecule has 4 rings (SSSR count). The lowest BCUT2D eigenvalue weighted by Gasteiger charge is -2.28. The highest BCUT2D eigenvalue weighted by molar-refractivity contribution is 6.35. The standard InChI is InChI=1S/C17H17Cl2N3/c18-14-4-3-12(15(19)7-14)9-22-6-5-16-13(10-22)8-20-17(21-16)11-1-2-11/h3-4,7-8,11H,1-2,5-6,9-10H2. The van der Waals surface area contributed by atoms with E-state index in [1.54, 1.807) is 6.07 Å². The molecule has 2 heterocycles. The predicted octanol–water partition coefficient (Wildman–Crippen LogP) is 4.22. The van der Waals surface area contributed by atoms with Gasteiger partial charge in [0.1, 0.15) is 5.82 Å². The second-order valence-corrected chi connectivity index (χ2v) is 7.01. The molecule has 0 radical (unpaired) electrons. The molecule has 1 saturated carbocycles. The van der Waals surface area contributed by atoms with Crippen LogP contribution in [0.1, 0.15) is 41.4 Å². The summed E-state index contributed by atoms with van der Waals surface area (Å²) < 4.78 is 0. The van der Waals surface area contributed by atoms with Gasteiger partial charge < -0.3 is 0 Å². The fourth-order valence-electron chi connectivity index (χ4n) is 2.95. The summed E-state index contributed by atoms with van der Waals surface area (Å²) in [6.07, 6.45) is 5.51. The van der Waals surface area contributed by atoms with E-state index in [1.807, 2.05) is 18.3 Å². The van der Waals surface area contributed by atoms with Crippen LogP contribution in [0.5, 0.6) is 0 Å². The molecule has 0 bridgehead atoms. The van der Waals surface area contributed by atoms with E-state index >= 15 is 0 Å². The zero-order valence-corrected chi connectivity index (χ0v) is 13.7. The van der Waals surface area contributed by atoms with E-state index < -0.39 is 0 Å². The number of halogens is 2. The van der Waals surface area contributed by atoms with Crippen molar-refractivity contribution in [1.82, 2.24) is 14.9 Å². The molecule has 1 aromatic carbocycles. The van der Waals surface area contributed by atoms with E-state index in [0.717, 1.165) is 42.5 Å². The molecule has 1 fully saturated rings. The highest BCUT2D eigenvalue weighted by Crippen LogP contribution is 2.38. The van der Waals surface area contributed by atoms with Crippen molar-refractivity contribution in [3.8, 4) is 0 Å². The van der Waals surface area contributed by atoms with Gasteiger partial charge in [-0.3, -0.25) is 4.90 Å². The minimum absolute atomic E-state index is 0.621. The Morgan fingerprint density at radius 1 is 1.23 bits per heavy atom. The van der Waals surface area contributed by atoms with Crippen LogP contribution in [0, 0.1) is 0 Å². The van der Waals surface area contributed by atoms with Crippen molar-refractivity contribution in [2.45, 2.75) is 38.3 Å². The number of fused-ring (bicyclic) bond motifs is 1. The molecule has 3 nitrogen and oxygen atoms in total. The van der Waals surface area contributed by atoms with Crippen molar-refractivity contribution in [3.05, 3.63) is 57.1 Å². The van der Waals surface area contributed by atoms with Crippen molar-refractivity contribution < 1.29 is 0 Å². The van der Waals surface area contributed by atoms with Crippen LogP contribution < -0.4 is 0 Å². The van der Waals surface area contributed by atoms with Gasteiger partial charge in [0.25, 0.3) is 0 Å². The van der Waals surface area contributed by atoms with Gasteiger partial charge in [0.15, 0.2) is 0 Å². The second-order valence-electron chi connectivity index (χ2n) is 6.17. The molecule has 1 aromatic heterocycles. The molecular formula is C17H17Cl2N3. The first-order valence-electron chi connectivity index (χ1n) is 7.70. The Bertz CT molecular complexity index is 713. The highest BCUT2D eigenvalue weighted by Gasteiger charge is 2.28.